The first-order valence-electron chi connectivity index (χ1n) is 8.56. The molecule has 0 radical (unpaired) electrons. The van der Waals surface area contributed by atoms with Crippen molar-refractivity contribution in [3.63, 3.8) is 0 Å². The fourth-order valence-electron chi connectivity index (χ4n) is 3.55. The van der Waals surface area contributed by atoms with Crippen LogP contribution in [0.3, 0.4) is 0 Å². The zero-order valence-corrected chi connectivity index (χ0v) is 15.9. The van der Waals surface area contributed by atoms with E-state index in [9.17, 15) is 13.2 Å². The number of nitrogens with zero attached hydrogens (tertiary/aromatic N) is 2. The lowest BCUT2D eigenvalue weighted by atomic mass is 9.98. The van der Waals surface area contributed by atoms with Gasteiger partial charge < -0.3 is 9.64 Å². The van der Waals surface area contributed by atoms with Crippen LogP contribution in [-0.2, 0) is 14.8 Å². The van der Waals surface area contributed by atoms with E-state index in [-0.39, 0.29) is 29.0 Å². The monoisotopic (exact) mass is 386 g/mol. The minimum Gasteiger partial charge on any atom is -0.495 e. The zero-order valence-electron chi connectivity index (χ0n) is 14.3. The van der Waals surface area contributed by atoms with E-state index in [1.54, 1.807) is 12.1 Å². The molecule has 1 aromatic rings. The van der Waals surface area contributed by atoms with Gasteiger partial charge in [-0.25, -0.2) is 8.42 Å². The summed E-state index contributed by atoms with van der Waals surface area (Å²) in [4.78, 5) is 14.6. The maximum absolute atomic E-state index is 13.1. The standard InChI is InChI=1S/C17H23ClN2O4S/c1-24-15-7-6-14(18)11-16(15)25(22,23)20-10-4-5-13(12-20)17(21)19-8-2-3-9-19/h6-7,11,13H,2-5,8-10,12H2,1H3/t13-/m1/s1. The number of likely N-dealkylation sites (tertiary alicyclic amines) is 1. The molecule has 25 heavy (non-hydrogen) atoms. The van der Waals surface area contributed by atoms with Gasteiger partial charge >= 0.3 is 0 Å². The van der Waals surface area contributed by atoms with Crippen LogP contribution in [0.25, 0.3) is 0 Å². The van der Waals surface area contributed by atoms with Crippen molar-refractivity contribution in [1.82, 2.24) is 9.21 Å². The third kappa shape index (κ3) is 3.78. The highest BCUT2D eigenvalue weighted by Crippen LogP contribution is 2.32. The molecule has 0 unspecified atom stereocenters. The SMILES string of the molecule is COc1ccc(Cl)cc1S(=O)(=O)N1CCC[C@@H](C(=O)N2CCCC2)C1. The van der Waals surface area contributed by atoms with Gasteiger partial charge in [0.25, 0.3) is 0 Å². The fourth-order valence-corrected chi connectivity index (χ4v) is 5.49. The first-order chi connectivity index (χ1) is 11.9. The van der Waals surface area contributed by atoms with Crippen molar-refractivity contribution in [3.8, 4) is 5.75 Å². The molecule has 3 rings (SSSR count). The summed E-state index contributed by atoms with van der Waals surface area (Å²) in [6, 6.07) is 4.54. The molecular weight excluding hydrogens is 364 g/mol. The van der Waals surface area contributed by atoms with Crippen molar-refractivity contribution >= 4 is 27.5 Å². The largest absolute Gasteiger partial charge is 0.495 e. The van der Waals surface area contributed by atoms with Crippen LogP contribution in [-0.4, -0.2) is 56.8 Å². The molecular formula is C17H23ClN2O4S. The normalized spacial score (nSPS) is 22.2. The number of amides is 1. The molecule has 0 bridgehead atoms. The lowest BCUT2D eigenvalue weighted by Gasteiger charge is -2.33. The second kappa shape index (κ2) is 7.51. The maximum atomic E-state index is 13.1. The van der Waals surface area contributed by atoms with Crippen molar-refractivity contribution in [2.45, 2.75) is 30.6 Å². The summed E-state index contributed by atoms with van der Waals surface area (Å²) in [5.74, 6) is 0.0691. The van der Waals surface area contributed by atoms with Crippen LogP contribution < -0.4 is 4.74 Å². The number of carbonyl (C=O) groups excluding carboxylic acids is 1. The average Bonchev–Trinajstić information content (AvgIpc) is 3.16. The Kier molecular flexibility index (Phi) is 5.55. The van der Waals surface area contributed by atoms with Crippen molar-refractivity contribution in [2.24, 2.45) is 5.92 Å². The molecule has 1 atom stereocenters. The van der Waals surface area contributed by atoms with Gasteiger partial charge in [-0.3, -0.25) is 4.79 Å². The lowest BCUT2D eigenvalue weighted by Crippen LogP contribution is -2.46. The Morgan fingerprint density at radius 2 is 1.92 bits per heavy atom. The number of piperidine rings is 1. The molecule has 0 aliphatic carbocycles. The van der Waals surface area contributed by atoms with Gasteiger partial charge in [0, 0.05) is 31.2 Å². The topological polar surface area (TPSA) is 66.9 Å². The highest BCUT2D eigenvalue weighted by Gasteiger charge is 2.36. The molecule has 1 amide bonds. The zero-order chi connectivity index (χ0) is 18.0. The third-order valence-electron chi connectivity index (χ3n) is 4.89. The van der Waals surface area contributed by atoms with Gasteiger partial charge in [-0.15, -0.1) is 0 Å². The number of rotatable bonds is 4. The van der Waals surface area contributed by atoms with Crippen LogP contribution in [0.2, 0.25) is 5.02 Å². The van der Waals surface area contributed by atoms with Crippen LogP contribution in [0.15, 0.2) is 23.1 Å². The van der Waals surface area contributed by atoms with E-state index in [1.807, 2.05) is 4.90 Å². The number of ether oxygens (including phenoxy) is 1. The summed E-state index contributed by atoms with van der Waals surface area (Å²) in [6.07, 6.45) is 3.46. The van der Waals surface area contributed by atoms with Crippen LogP contribution in [0.4, 0.5) is 0 Å². The van der Waals surface area contributed by atoms with Crippen LogP contribution in [0.1, 0.15) is 25.7 Å². The molecule has 2 saturated heterocycles. The summed E-state index contributed by atoms with van der Waals surface area (Å²) in [7, 11) is -2.34. The van der Waals surface area contributed by atoms with Crippen molar-refractivity contribution in [3.05, 3.63) is 23.2 Å². The van der Waals surface area contributed by atoms with Crippen LogP contribution in [0, 0.1) is 5.92 Å². The molecule has 0 aromatic heterocycles. The van der Waals surface area contributed by atoms with Gasteiger partial charge in [0.15, 0.2) is 0 Å². The first kappa shape index (κ1) is 18.5. The van der Waals surface area contributed by atoms with Crippen molar-refractivity contribution in [2.75, 3.05) is 33.3 Å². The van der Waals surface area contributed by atoms with Crippen molar-refractivity contribution < 1.29 is 17.9 Å². The number of hydrogen-bond donors (Lipinski definition) is 0. The number of benzene rings is 1. The molecule has 2 heterocycles. The van der Waals surface area contributed by atoms with Crippen molar-refractivity contribution in [1.29, 1.82) is 0 Å². The maximum Gasteiger partial charge on any atom is 0.246 e. The van der Waals surface area contributed by atoms with E-state index in [0.29, 0.717) is 18.0 Å². The number of halogens is 1. The smallest absolute Gasteiger partial charge is 0.246 e. The van der Waals surface area contributed by atoms with E-state index in [4.69, 9.17) is 16.3 Å². The molecule has 8 heteroatoms. The Morgan fingerprint density at radius 3 is 2.60 bits per heavy atom. The summed E-state index contributed by atoms with van der Waals surface area (Å²) in [5.41, 5.74) is 0. The van der Waals surface area contributed by atoms with Gasteiger partial charge in [0.2, 0.25) is 15.9 Å². The van der Waals surface area contributed by atoms with E-state index < -0.39 is 10.0 Å². The molecule has 0 spiro atoms. The Labute approximate surface area is 153 Å². The summed E-state index contributed by atoms with van der Waals surface area (Å²) in [6.45, 7) is 2.18. The second-order valence-corrected chi connectivity index (χ2v) is 8.87. The van der Waals surface area contributed by atoms with Gasteiger partial charge in [-0.2, -0.15) is 4.31 Å². The number of carbonyl (C=O) groups is 1. The second-order valence-electron chi connectivity index (χ2n) is 6.53. The Bertz CT molecular complexity index is 747. The van der Waals surface area contributed by atoms with Gasteiger partial charge in [-0.1, -0.05) is 11.6 Å². The van der Waals surface area contributed by atoms with E-state index in [1.165, 1.54) is 17.5 Å². The average molecular weight is 387 g/mol. The quantitative estimate of drug-likeness (QED) is 0.796. The van der Waals surface area contributed by atoms with E-state index in [2.05, 4.69) is 0 Å². The first-order valence-corrected chi connectivity index (χ1v) is 10.4. The molecule has 2 fully saturated rings. The minimum absolute atomic E-state index is 0.0526. The molecule has 1 aromatic carbocycles. The number of hydrogen-bond acceptors (Lipinski definition) is 4. The van der Waals surface area contributed by atoms with Crippen LogP contribution in [0.5, 0.6) is 5.75 Å². The van der Waals surface area contributed by atoms with Gasteiger partial charge in [-0.05, 0) is 43.9 Å². The van der Waals surface area contributed by atoms with E-state index in [0.717, 1.165) is 32.4 Å². The fraction of sp³-hybridized carbons (Fsp3) is 0.588. The highest BCUT2D eigenvalue weighted by atomic mass is 35.5. The predicted molar refractivity (Wildman–Crippen MR) is 95.3 cm³/mol. The molecule has 138 valence electrons. The summed E-state index contributed by atoms with van der Waals surface area (Å²) >= 11 is 5.98. The molecule has 0 N–H and O–H groups in total. The van der Waals surface area contributed by atoms with E-state index >= 15 is 0 Å². The predicted octanol–water partition coefficient (Wildman–Crippen LogP) is 2.37. The van der Waals surface area contributed by atoms with Crippen LogP contribution >= 0.6 is 11.6 Å². The highest BCUT2D eigenvalue weighted by molar-refractivity contribution is 7.89. The van der Waals surface area contributed by atoms with Gasteiger partial charge in [0.1, 0.15) is 10.6 Å². The summed E-state index contributed by atoms with van der Waals surface area (Å²) < 4.78 is 32.7. The number of methoxy groups -OCH3 is 1. The van der Waals surface area contributed by atoms with Gasteiger partial charge in [0.05, 0.1) is 13.0 Å². The Morgan fingerprint density at radius 1 is 1.20 bits per heavy atom. The molecule has 6 nitrogen and oxygen atoms in total. The molecule has 0 saturated carbocycles. The lowest BCUT2D eigenvalue weighted by molar-refractivity contribution is -0.135. The third-order valence-corrected chi connectivity index (χ3v) is 7.02. The Hall–Kier alpha value is -1.31. The molecule has 2 aliphatic rings. The Balaban J connectivity index is 1.82. The summed E-state index contributed by atoms with van der Waals surface area (Å²) in [5, 5.41) is 0.334. The molecule has 2 aliphatic heterocycles. The minimum atomic E-state index is -3.76. The number of sulfonamides is 1.